The Labute approximate surface area is 111 Å². The Morgan fingerprint density at radius 3 is 2.56 bits per heavy atom. The van der Waals surface area contributed by atoms with Crippen LogP contribution in [0.25, 0.3) is 0 Å². The summed E-state index contributed by atoms with van der Waals surface area (Å²) in [5.41, 5.74) is 12.1. The van der Waals surface area contributed by atoms with Crippen LogP contribution in [0.15, 0.2) is 29.8 Å². The molecule has 1 unspecified atom stereocenters. The zero-order valence-corrected chi connectivity index (χ0v) is 12.1. The molecule has 0 aliphatic heterocycles. The summed E-state index contributed by atoms with van der Waals surface area (Å²) in [5.74, 6) is 0. The molecule has 0 heterocycles. The predicted octanol–water partition coefficient (Wildman–Crippen LogP) is 3.92. The summed E-state index contributed by atoms with van der Waals surface area (Å²) in [6.45, 7) is 8.99. The van der Waals surface area contributed by atoms with Crippen molar-refractivity contribution >= 4 is 0 Å². The first-order chi connectivity index (χ1) is 8.35. The molecule has 0 saturated carbocycles. The molecule has 18 heavy (non-hydrogen) atoms. The van der Waals surface area contributed by atoms with Gasteiger partial charge in [0.15, 0.2) is 0 Å². The van der Waals surface area contributed by atoms with Crippen LogP contribution in [0.3, 0.4) is 0 Å². The van der Waals surface area contributed by atoms with Gasteiger partial charge < -0.3 is 5.73 Å². The summed E-state index contributed by atoms with van der Waals surface area (Å²) in [7, 11) is 0. The molecule has 0 fully saturated rings. The smallest absolute Gasteiger partial charge is 0.0231 e. The van der Waals surface area contributed by atoms with E-state index >= 15 is 0 Å². The average molecular weight is 243 g/mol. The molecular formula is C17H25N. The third-order valence-corrected chi connectivity index (χ3v) is 3.95. The van der Waals surface area contributed by atoms with Crippen LogP contribution in [0.2, 0.25) is 0 Å². The van der Waals surface area contributed by atoms with Crippen molar-refractivity contribution in [1.82, 2.24) is 0 Å². The number of benzene rings is 1. The average Bonchev–Trinajstić information content (AvgIpc) is 2.20. The van der Waals surface area contributed by atoms with Crippen molar-refractivity contribution in [2.75, 3.05) is 0 Å². The summed E-state index contributed by atoms with van der Waals surface area (Å²) >= 11 is 0. The normalized spacial score (nSPS) is 22.7. The van der Waals surface area contributed by atoms with Gasteiger partial charge >= 0.3 is 0 Å². The highest BCUT2D eigenvalue weighted by Crippen LogP contribution is 2.36. The Kier molecular flexibility index (Phi) is 3.63. The molecule has 1 nitrogen and oxygen atoms in total. The Morgan fingerprint density at radius 2 is 1.94 bits per heavy atom. The second kappa shape index (κ2) is 4.89. The fraction of sp³-hybridized carbons (Fsp3) is 0.529. The minimum Gasteiger partial charge on any atom is -0.324 e. The van der Waals surface area contributed by atoms with Gasteiger partial charge in [-0.2, -0.15) is 0 Å². The maximum Gasteiger partial charge on any atom is 0.0231 e. The van der Waals surface area contributed by atoms with Crippen molar-refractivity contribution in [1.29, 1.82) is 0 Å². The van der Waals surface area contributed by atoms with E-state index in [1.165, 1.54) is 28.7 Å². The van der Waals surface area contributed by atoms with Crippen LogP contribution >= 0.6 is 0 Å². The maximum atomic E-state index is 6.13. The lowest BCUT2D eigenvalue weighted by Gasteiger charge is -2.33. The lowest BCUT2D eigenvalue weighted by Crippen LogP contribution is -2.31. The fourth-order valence-corrected chi connectivity index (χ4v) is 3.04. The van der Waals surface area contributed by atoms with Crippen LogP contribution < -0.4 is 5.73 Å². The molecule has 1 aromatic carbocycles. The van der Waals surface area contributed by atoms with Gasteiger partial charge in [0.2, 0.25) is 0 Å². The lowest BCUT2D eigenvalue weighted by molar-refractivity contribution is 0.299. The predicted molar refractivity (Wildman–Crippen MR) is 78.7 cm³/mol. The van der Waals surface area contributed by atoms with Gasteiger partial charge in [-0.15, -0.1) is 0 Å². The van der Waals surface area contributed by atoms with Gasteiger partial charge in [0.25, 0.3) is 0 Å². The molecule has 1 heteroatoms. The highest BCUT2D eigenvalue weighted by molar-refractivity contribution is 5.33. The number of rotatable bonds is 2. The van der Waals surface area contributed by atoms with Crippen molar-refractivity contribution in [3.63, 3.8) is 0 Å². The van der Waals surface area contributed by atoms with Crippen molar-refractivity contribution in [2.45, 2.75) is 53.0 Å². The molecule has 98 valence electrons. The summed E-state index contributed by atoms with van der Waals surface area (Å²) < 4.78 is 0. The van der Waals surface area contributed by atoms with Gasteiger partial charge in [-0.1, -0.05) is 43.7 Å². The van der Waals surface area contributed by atoms with Crippen LogP contribution in [0.1, 0.15) is 43.4 Å². The Hall–Kier alpha value is -1.08. The monoisotopic (exact) mass is 243 g/mol. The Bertz CT molecular complexity index is 468. The van der Waals surface area contributed by atoms with E-state index in [0.717, 1.165) is 12.8 Å². The topological polar surface area (TPSA) is 26.0 Å². The van der Waals surface area contributed by atoms with Crippen molar-refractivity contribution < 1.29 is 0 Å². The third-order valence-electron chi connectivity index (χ3n) is 3.95. The summed E-state index contributed by atoms with van der Waals surface area (Å²) in [6, 6.07) is 7.01. The van der Waals surface area contributed by atoms with Gasteiger partial charge in [0, 0.05) is 6.04 Å². The molecule has 0 amide bonds. The lowest BCUT2D eigenvalue weighted by atomic mass is 9.74. The quantitative estimate of drug-likeness (QED) is 0.783. The van der Waals surface area contributed by atoms with Gasteiger partial charge in [0.05, 0.1) is 0 Å². The number of hydrogen-bond donors (Lipinski definition) is 1. The van der Waals surface area contributed by atoms with E-state index in [1.807, 2.05) is 0 Å². The summed E-state index contributed by atoms with van der Waals surface area (Å²) in [6.07, 6.45) is 5.61. The molecular weight excluding hydrogens is 218 g/mol. The van der Waals surface area contributed by atoms with Gasteiger partial charge in [-0.05, 0) is 55.2 Å². The van der Waals surface area contributed by atoms with E-state index in [-0.39, 0.29) is 6.04 Å². The number of allylic oxidation sites excluding steroid dienone is 1. The zero-order chi connectivity index (χ0) is 13.3. The molecule has 1 aromatic rings. The number of nitrogens with two attached hydrogens (primary N) is 1. The van der Waals surface area contributed by atoms with E-state index in [9.17, 15) is 0 Å². The molecule has 0 aromatic heterocycles. The van der Waals surface area contributed by atoms with E-state index < -0.39 is 0 Å². The molecule has 0 saturated heterocycles. The largest absolute Gasteiger partial charge is 0.324 e. The van der Waals surface area contributed by atoms with Crippen LogP contribution in [-0.2, 0) is 6.42 Å². The molecule has 1 aliphatic rings. The first-order valence-corrected chi connectivity index (χ1v) is 6.87. The molecule has 0 spiro atoms. The van der Waals surface area contributed by atoms with Crippen LogP contribution in [-0.4, -0.2) is 6.04 Å². The Balaban J connectivity index is 2.16. The van der Waals surface area contributed by atoms with Crippen LogP contribution in [0.5, 0.6) is 0 Å². The summed E-state index contributed by atoms with van der Waals surface area (Å²) in [4.78, 5) is 0. The number of aryl methyl sites for hydroxylation is 2. The van der Waals surface area contributed by atoms with E-state index in [2.05, 4.69) is 52.0 Å². The second-order valence-corrected chi connectivity index (χ2v) is 6.63. The SMILES string of the molecule is Cc1ccc(CC2=CC(N)CC(C)(C)C2)cc1C. The minimum atomic E-state index is 0.232. The van der Waals surface area contributed by atoms with Crippen LogP contribution in [0, 0.1) is 19.3 Å². The van der Waals surface area contributed by atoms with Crippen LogP contribution in [0.4, 0.5) is 0 Å². The molecule has 2 N–H and O–H groups in total. The molecule has 2 rings (SSSR count). The van der Waals surface area contributed by atoms with Gasteiger partial charge in [0.1, 0.15) is 0 Å². The minimum absolute atomic E-state index is 0.232. The van der Waals surface area contributed by atoms with Gasteiger partial charge in [-0.3, -0.25) is 0 Å². The second-order valence-electron chi connectivity index (χ2n) is 6.63. The highest BCUT2D eigenvalue weighted by Gasteiger charge is 2.26. The zero-order valence-electron chi connectivity index (χ0n) is 12.1. The van der Waals surface area contributed by atoms with E-state index in [4.69, 9.17) is 5.73 Å². The first kappa shape index (κ1) is 13.4. The molecule has 1 aliphatic carbocycles. The van der Waals surface area contributed by atoms with E-state index in [0.29, 0.717) is 5.41 Å². The maximum absolute atomic E-state index is 6.13. The fourth-order valence-electron chi connectivity index (χ4n) is 3.04. The number of hydrogen-bond acceptors (Lipinski definition) is 1. The molecule has 1 atom stereocenters. The van der Waals surface area contributed by atoms with E-state index in [1.54, 1.807) is 0 Å². The highest BCUT2D eigenvalue weighted by atomic mass is 14.6. The van der Waals surface area contributed by atoms with Crippen molar-refractivity contribution in [3.05, 3.63) is 46.5 Å². The third kappa shape index (κ3) is 3.23. The van der Waals surface area contributed by atoms with Crippen molar-refractivity contribution in [2.24, 2.45) is 11.1 Å². The standard InChI is InChI=1S/C17H25N/c1-12-5-6-14(7-13(12)2)8-15-9-16(18)11-17(3,4)10-15/h5-7,9,16H,8,10-11,18H2,1-4H3. The summed E-state index contributed by atoms with van der Waals surface area (Å²) in [5, 5.41) is 0. The van der Waals surface area contributed by atoms with Gasteiger partial charge in [-0.25, -0.2) is 0 Å². The molecule has 0 bridgehead atoms. The molecule has 0 radical (unpaired) electrons. The van der Waals surface area contributed by atoms with Crippen molar-refractivity contribution in [3.8, 4) is 0 Å². The first-order valence-electron chi connectivity index (χ1n) is 6.87. The Morgan fingerprint density at radius 1 is 1.22 bits per heavy atom.